The van der Waals surface area contributed by atoms with Gasteiger partial charge in [0.2, 0.25) is 0 Å². The van der Waals surface area contributed by atoms with Crippen LogP contribution in [-0.2, 0) is 14.3 Å². The van der Waals surface area contributed by atoms with Gasteiger partial charge in [0.15, 0.2) is 6.61 Å². The Hall–Kier alpha value is -1.01. The number of piperidine rings is 1. The summed E-state index contributed by atoms with van der Waals surface area (Å²) in [4.78, 5) is 27.2. The van der Waals surface area contributed by atoms with Crippen molar-refractivity contribution in [3.63, 3.8) is 0 Å². The van der Waals surface area contributed by atoms with Gasteiger partial charge in [0.05, 0.1) is 5.75 Å². The summed E-state index contributed by atoms with van der Waals surface area (Å²) in [6.07, 6.45) is 3.18. The Morgan fingerprint density at radius 3 is 2.58 bits per heavy atom. The number of likely N-dealkylation sites (tertiary alicyclic amines) is 1. The summed E-state index contributed by atoms with van der Waals surface area (Å²) in [6.45, 7) is 5.96. The molecule has 0 saturated carbocycles. The highest BCUT2D eigenvalue weighted by Gasteiger charge is 2.29. The van der Waals surface area contributed by atoms with Gasteiger partial charge in [-0.1, -0.05) is 15.9 Å². The highest BCUT2D eigenvalue weighted by atomic mass is 79.9. The summed E-state index contributed by atoms with van der Waals surface area (Å²) in [7, 11) is 0. The number of aryl methyl sites for hydroxylation is 1. The van der Waals surface area contributed by atoms with Crippen LogP contribution >= 0.6 is 27.7 Å². The first-order valence-corrected chi connectivity index (χ1v) is 10.0. The molecule has 1 aromatic carbocycles. The Morgan fingerprint density at radius 2 is 1.96 bits per heavy atom. The molecule has 2 atom stereocenters. The van der Waals surface area contributed by atoms with Gasteiger partial charge in [0.1, 0.15) is 0 Å². The number of carbonyl (C=O) groups excluding carboxylic acids is 2. The second-order valence-corrected chi connectivity index (χ2v) is 8.22. The molecule has 4 nitrogen and oxygen atoms in total. The fraction of sp³-hybridized carbons (Fsp3) is 0.556. The Morgan fingerprint density at radius 1 is 1.29 bits per heavy atom. The topological polar surface area (TPSA) is 46.6 Å². The number of halogens is 1. The average Bonchev–Trinajstić information content (AvgIpc) is 2.52. The summed E-state index contributed by atoms with van der Waals surface area (Å²) in [5.74, 6) is -0.234. The van der Waals surface area contributed by atoms with Gasteiger partial charge < -0.3 is 9.64 Å². The average molecular weight is 414 g/mol. The number of hydrogen-bond acceptors (Lipinski definition) is 4. The number of carbonyl (C=O) groups is 2. The van der Waals surface area contributed by atoms with Crippen LogP contribution in [0.25, 0.3) is 0 Å². The monoisotopic (exact) mass is 413 g/mol. The Kier molecular flexibility index (Phi) is 7.16. The van der Waals surface area contributed by atoms with Gasteiger partial charge in [-0.05, 0) is 63.8 Å². The van der Waals surface area contributed by atoms with E-state index in [1.165, 1.54) is 11.8 Å². The Balaban J connectivity index is 1.79. The molecule has 0 aliphatic carbocycles. The van der Waals surface area contributed by atoms with E-state index in [-0.39, 0.29) is 36.3 Å². The second kappa shape index (κ2) is 8.90. The number of nitrogens with zero attached hydrogens (tertiary/aromatic N) is 1. The molecule has 1 saturated heterocycles. The zero-order valence-electron chi connectivity index (χ0n) is 14.4. The van der Waals surface area contributed by atoms with Crippen molar-refractivity contribution in [1.82, 2.24) is 4.90 Å². The zero-order valence-corrected chi connectivity index (χ0v) is 16.8. The van der Waals surface area contributed by atoms with Gasteiger partial charge >= 0.3 is 5.97 Å². The maximum atomic E-state index is 12.3. The van der Waals surface area contributed by atoms with E-state index in [1.807, 2.05) is 30.0 Å². The van der Waals surface area contributed by atoms with E-state index in [2.05, 4.69) is 29.8 Å². The highest BCUT2D eigenvalue weighted by molar-refractivity contribution is 9.10. The number of esters is 1. The van der Waals surface area contributed by atoms with Crippen LogP contribution in [0.2, 0.25) is 0 Å². The van der Waals surface area contributed by atoms with Crippen molar-refractivity contribution >= 4 is 39.6 Å². The summed E-state index contributed by atoms with van der Waals surface area (Å²) in [5.41, 5.74) is 1.11. The van der Waals surface area contributed by atoms with Crippen LogP contribution in [-0.4, -0.2) is 41.2 Å². The van der Waals surface area contributed by atoms with Crippen molar-refractivity contribution in [2.24, 2.45) is 0 Å². The van der Waals surface area contributed by atoms with Crippen molar-refractivity contribution in [3.05, 3.63) is 28.2 Å². The molecule has 0 spiro atoms. The minimum atomic E-state index is -0.354. The van der Waals surface area contributed by atoms with Crippen molar-refractivity contribution in [3.8, 4) is 0 Å². The normalized spacial score (nSPS) is 20.8. The molecule has 6 heteroatoms. The van der Waals surface area contributed by atoms with Gasteiger partial charge in [-0.2, -0.15) is 0 Å². The maximum absolute atomic E-state index is 12.3. The fourth-order valence-corrected chi connectivity index (χ4v) is 4.37. The summed E-state index contributed by atoms with van der Waals surface area (Å²) in [6, 6.07) is 6.37. The molecule has 132 valence electrons. The van der Waals surface area contributed by atoms with E-state index in [0.29, 0.717) is 0 Å². The zero-order chi connectivity index (χ0) is 17.7. The Labute approximate surface area is 156 Å². The van der Waals surface area contributed by atoms with Crippen molar-refractivity contribution in [2.75, 3.05) is 12.4 Å². The van der Waals surface area contributed by atoms with Crippen LogP contribution in [0, 0.1) is 6.92 Å². The minimum absolute atomic E-state index is 0.0899. The molecule has 0 radical (unpaired) electrons. The number of thioether (sulfide) groups is 1. The number of amides is 1. The van der Waals surface area contributed by atoms with Gasteiger partial charge in [0, 0.05) is 21.5 Å². The molecule has 24 heavy (non-hydrogen) atoms. The van der Waals surface area contributed by atoms with E-state index in [0.717, 1.165) is 34.2 Å². The predicted molar refractivity (Wildman–Crippen MR) is 100 cm³/mol. The lowest BCUT2D eigenvalue weighted by Gasteiger charge is -2.38. The van der Waals surface area contributed by atoms with Crippen LogP contribution < -0.4 is 0 Å². The summed E-state index contributed by atoms with van der Waals surface area (Å²) < 4.78 is 6.19. The maximum Gasteiger partial charge on any atom is 0.316 e. The van der Waals surface area contributed by atoms with Gasteiger partial charge in [-0.25, -0.2) is 0 Å². The van der Waals surface area contributed by atoms with E-state index >= 15 is 0 Å². The largest absolute Gasteiger partial charge is 0.455 e. The van der Waals surface area contributed by atoms with E-state index in [1.54, 1.807) is 0 Å². The molecule has 1 heterocycles. The third kappa shape index (κ3) is 5.24. The first-order valence-electron chi connectivity index (χ1n) is 8.24. The quantitative estimate of drug-likeness (QED) is 0.536. The summed E-state index contributed by atoms with van der Waals surface area (Å²) >= 11 is 4.85. The molecule has 2 rings (SSSR count). The SMILES string of the molecule is Cc1cc(Br)ccc1SCC(=O)OCC(=O)N1C(C)CCCC1C. The molecule has 1 aliphatic heterocycles. The number of benzene rings is 1. The molecule has 1 amide bonds. The molecular weight excluding hydrogens is 390 g/mol. The standard InChI is InChI=1S/C18H24BrNO3S/c1-12-9-15(19)7-8-16(12)24-11-18(22)23-10-17(21)20-13(2)5-4-6-14(20)3/h7-9,13-14H,4-6,10-11H2,1-3H3. The van der Waals surface area contributed by atoms with Crippen LogP contribution in [0.1, 0.15) is 38.7 Å². The number of ether oxygens (including phenoxy) is 1. The van der Waals surface area contributed by atoms with Crippen molar-refractivity contribution in [2.45, 2.75) is 57.0 Å². The molecule has 0 bridgehead atoms. The highest BCUT2D eigenvalue weighted by Crippen LogP contribution is 2.25. The molecule has 0 aromatic heterocycles. The van der Waals surface area contributed by atoms with Crippen molar-refractivity contribution < 1.29 is 14.3 Å². The Bertz CT molecular complexity index is 598. The lowest BCUT2D eigenvalue weighted by molar-refractivity contribution is -0.153. The fourth-order valence-electron chi connectivity index (χ4n) is 3.08. The minimum Gasteiger partial charge on any atom is -0.455 e. The summed E-state index contributed by atoms with van der Waals surface area (Å²) in [5, 5.41) is 0. The molecule has 2 unspecified atom stereocenters. The van der Waals surface area contributed by atoms with Crippen LogP contribution in [0.3, 0.4) is 0 Å². The molecule has 1 aromatic rings. The van der Waals surface area contributed by atoms with E-state index in [9.17, 15) is 9.59 Å². The molecule has 0 N–H and O–H groups in total. The lowest BCUT2D eigenvalue weighted by atomic mass is 9.97. The van der Waals surface area contributed by atoms with Crippen molar-refractivity contribution in [1.29, 1.82) is 0 Å². The van der Waals surface area contributed by atoms with Gasteiger partial charge in [0.25, 0.3) is 5.91 Å². The molecule has 1 fully saturated rings. The first-order chi connectivity index (χ1) is 11.4. The first kappa shape index (κ1) is 19.3. The second-order valence-electron chi connectivity index (χ2n) is 6.29. The number of rotatable bonds is 5. The van der Waals surface area contributed by atoms with Crippen LogP contribution in [0.5, 0.6) is 0 Å². The molecule has 1 aliphatic rings. The smallest absolute Gasteiger partial charge is 0.316 e. The van der Waals surface area contributed by atoms with E-state index < -0.39 is 0 Å². The lowest BCUT2D eigenvalue weighted by Crippen LogP contribution is -2.49. The predicted octanol–water partition coefficient (Wildman–Crippen LogP) is 4.18. The van der Waals surface area contributed by atoms with E-state index in [4.69, 9.17) is 4.74 Å². The van der Waals surface area contributed by atoms with Crippen LogP contribution in [0.15, 0.2) is 27.6 Å². The number of hydrogen-bond donors (Lipinski definition) is 0. The van der Waals surface area contributed by atoms with Gasteiger partial charge in [-0.3, -0.25) is 9.59 Å². The third-order valence-electron chi connectivity index (χ3n) is 4.32. The molecular formula is C18H24BrNO3S. The third-order valence-corrected chi connectivity index (χ3v) is 5.96. The van der Waals surface area contributed by atoms with Crippen LogP contribution in [0.4, 0.5) is 0 Å². The van der Waals surface area contributed by atoms with Gasteiger partial charge in [-0.15, -0.1) is 11.8 Å².